The Balaban J connectivity index is 1.83. The van der Waals surface area contributed by atoms with Crippen molar-refractivity contribution >= 4 is 0 Å². The first-order chi connectivity index (χ1) is 8.75. The molecule has 18 heavy (non-hydrogen) atoms. The van der Waals surface area contributed by atoms with Crippen molar-refractivity contribution in [3.05, 3.63) is 35.4 Å². The van der Waals surface area contributed by atoms with Gasteiger partial charge in [-0.15, -0.1) is 5.10 Å². The van der Waals surface area contributed by atoms with Crippen molar-refractivity contribution in [2.24, 2.45) is 5.73 Å². The first-order valence-corrected chi connectivity index (χ1v) is 6.54. The summed E-state index contributed by atoms with van der Waals surface area (Å²) in [6.45, 7) is 3.96. The Morgan fingerprint density at radius 2 is 2.33 bits per heavy atom. The molecule has 2 aromatic heterocycles. The van der Waals surface area contributed by atoms with Gasteiger partial charge in [0.25, 0.3) is 0 Å². The van der Waals surface area contributed by atoms with Crippen LogP contribution >= 0.6 is 0 Å². The number of aryl methyl sites for hydroxylation is 2. The fraction of sp³-hybridized carbons (Fsp3) is 0.538. The van der Waals surface area contributed by atoms with E-state index in [9.17, 15) is 0 Å². The molecule has 2 aromatic rings. The molecule has 0 aromatic carbocycles. The van der Waals surface area contributed by atoms with E-state index in [1.54, 1.807) is 6.20 Å². The first-order valence-electron chi connectivity index (χ1n) is 6.54. The summed E-state index contributed by atoms with van der Waals surface area (Å²) in [4.78, 5) is 0. The summed E-state index contributed by atoms with van der Waals surface area (Å²) in [5.41, 5.74) is 10.2. The van der Waals surface area contributed by atoms with Crippen LogP contribution in [-0.4, -0.2) is 19.6 Å². The van der Waals surface area contributed by atoms with E-state index >= 15 is 0 Å². The number of rotatable bonds is 3. The van der Waals surface area contributed by atoms with Crippen LogP contribution in [0, 0.1) is 6.92 Å². The molecule has 96 valence electrons. The molecule has 1 unspecified atom stereocenters. The minimum atomic E-state index is 0.222. The zero-order valence-electron chi connectivity index (χ0n) is 10.7. The lowest BCUT2D eigenvalue weighted by Gasteiger charge is -2.21. The summed E-state index contributed by atoms with van der Waals surface area (Å²) < 4.78 is 4.25. The summed E-state index contributed by atoms with van der Waals surface area (Å²) in [5.74, 6) is 0. The zero-order chi connectivity index (χ0) is 12.5. The van der Waals surface area contributed by atoms with Crippen molar-refractivity contribution in [2.75, 3.05) is 0 Å². The monoisotopic (exact) mass is 245 g/mol. The van der Waals surface area contributed by atoms with Crippen LogP contribution < -0.4 is 5.73 Å². The van der Waals surface area contributed by atoms with Crippen molar-refractivity contribution < 1.29 is 0 Å². The lowest BCUT2D eigenvalue weighted by atomic mass is 9.93. The quantitative estimate of drug-likeness (QED) is 0.889. The Bertz CT molecular complexity index is 526. The lowest BCUT2D eigenvalue weighted by Crippen LogP contribution is -2.19. The predicted molar refractivity (Wildman–Crippen MR) is 69.1 cm³/mol. The van der Waals surface area contributed by atoms with Gasteiger partial charge in [-0.05, 0) is 37.8 Å². The molecule has 2 heterocycles. The van der Waals surface area contributed by atoms with Crippen molar-refractivity contribution in [3.63, 3.8) is 0 Å². The second kappa shape index (κ2) is 4.57. The smallest absolute Gasteiger partial charge is 0.0692 e. The molecule has 1 atom stereocenters. The van der Waals surface area contributed by atoms with Gasteiger partial charge in [0, 0.05) is 30.2 Å². The third kappa shape index (κ3) is 1.95. The highest BCUT2D eigenvalue weighted by Crippen LogP contribution is 2.30. The molecule has 0 amide bonds. The molecule has 3 rings (SSSR count). The summed E-state index contributed by atoms with van der Waals surface area (Å²) >= 11 is 0. The summed E-state index contributed by atoms with van der Waals surface area (Å²) in [5, 5.41) is 7.83. The second-order valence-electron chi connectivity index (χ2n) is 5.00. The van der Waals surface area contributed by atoms with Crippen molar-refractivity contribution in [1.29, 1.82) is 0 Å². The Labute approximate surface area is 107 Å². The number of fused-ring (bicyclic) bond motifs is 1. The van der Waals surface area contributed by atoms with E-state index in [0.29, 0.717) is 0 Å². The second-order valence-corrected chi connectivity index (χ2v) is 5.00. The molecule has 0 aliphatic heterocycles. The van der Waals surface area contributed by atoms with Gasteiger partial charge in [-0.1, -0.05) is 5.21 Å². The van der Waals surface area contributed by atoms with Crippen molar-refractivity contribution in [2.45, 2.75) is 45.3 Å². The molecule has 0 radical (unpaired) electrons. The molecule has 2 N–H and O–H groups in total. The Morgan fingerprint density at radius 1 is 1.44 bits per heavy atom. The average Bonchev–Trinajstić information content (AvgIpc) is 2.95. The molecular formula is C13H19N5. The highest BCUT2D eigenvalue weighted by atomic mass is 15.4. The fourth-order valence-electron chi connectivity index (χ4n) is 2.87. The van der Waals surface area contributed by atoms with Crippen LogP contribution in [0.15, 0.2) is 18.5 Å². The van der Waals surface area contributed by atoms with E-state index in [2.05, 4.69) is 27.9 Å². The first kappa shape index (κ1) is 11.5. The third-order valence-corrected chi connectivity index (χ3v) is 3.80. The van der Waals surface area contributed by atoms with Gasteiger partial charge in [0.05, 0.1) is 12.7 Å². The van der Waals surface area contributed by atoms with Crippen LogP contribution in [0.4, 0.5) is 0 Å². The van der Waals surface area contributed by atoms with Crippen LogP contribution in [0.5, 0.6) is 0 Å². The van der Waals surface area contributed by atoms with E-state index < -0.39 is 0 Å². The molecule has 1 aliphatic carbocycles. The molecule has 1 aliphatic rings. The van der Waals surface area contributed by atoms with Crippen LogP contribution in [0.2, 0.25) is 0 Å². The van der Waals surface area contributed by atoms with Gasteiger partial charge >= 0.3 is 0 Å². The summed E-state index contributed by atoms with van der Waals surface area (Å²) in [6, 6.07) is 2.47. The fourth-order valence-corrected chi connectivity index (χ4v) is 2.87. The van der Waals surface area contributed by atoms with Gasteiger partial charge in [-0.25, -0.2) is 0 Å². The highest BCUT2D eigenvalue weighted by Gasteiger charge is 2.21. The van der Waals surface area contributed by atoms with E-state index in [1.807, 2.05) is 10.9 Å². The van der Waals surface area contributed by atoms with E-state index in [4.69, 9.17) is 5.73 Å². The van der Waals surface area contributed by atoms with Crippen LogP contribution in [0.3, 0.4) is 0 Å². The maximum absolute atomic E-state index is 6.18. The van der Waals surface area contributed by atoms with Gasteiger partial charge in [0.2, 0.25) is 0 Å². The van der Waals surface area contributed by atoms with Crippen molar-refractivity contribution in [3.8, 4) is 0 Å². The van der Waals surface area contributed by atoms with Crippen LogP contribution in [0.25, 0.3) is 0 Å². The molecule has 0 fully saturated rings. The van der Waals surface area contributed by atoms with Gasteiger partial charge in [-0.3, -0.25) is 4.68 Å². The highest BCUT2D eigenvalue weighted by molar-refractivity contribution is 5.32. The molecule has 0 bridgehead atoms. The molecular weight excluding hydrogens is 226 g/mol. The maximum Gasteiger partial charge on any atom is 0.0692 e. The lowest BCUT2D eigenvalue weighted by molar-refractivity contribution is 0.486. The van der Waals surface area contributed by atoms with Crippen LogP contribution in [-0.2, 0) is 19.5 Å². The standard InChI is InChI=1S/C13H19N5/c1-10-9-11-12(14)3-2-4-13(11)18(10)8-7-17-6-5-15-16-17/h5-6,9,12H,2-4,7-8,14H2,1H3. The molecule has 0 saturated carbocycles. The Morgan fingerprint density at radius 3 is 3.11 bits per heavy atom. The zero-order valence-corrected chi connectivity index (χ0v) is 10.7. The number of hydrogen-bond donors (Lipinski definition) is 1. The Hall–Kier alpha value is -1.62. The predicted octanol–water partition coefficient (Wildman–Crippen LogP) is 1.42. The number of aromatic nitrogens is 4. The van der Waals surface area contributed by atoms with E-state index in [1.165, 1.54) is 23.4 Å². The molecule has 5 heteroatoms. The normalized spacial score (nSPS) is 18.9. The molecule has 0 saturated heterocycles. The van der Waals surface area contributed by atoms with E-state index in [0.717, 1.165) is 25.9 Å². The van der Waals surface area contributed by atoms with Gasteiger partial charge < -0.3 is 10.3 Å². The van der Waals surface area contributed by atoms with Gasteiger partial charge in [0.1, 0.15) is 0 Å². The molecule has 5 nitrogen and oxygen atoms in total. The minimum absolute atomic E-state index is 0.222. The number of nitrogens with zero attached hydrogens (tertiary/aromatic N) is 4. The number of nitrogens with two attached hydrogens (primary N) is 1. The third-order valence-electron chi connectivity index (χ3n) is 3.80. The summed E-state index contributed by atoms with van der Waals surface area (Å²) in [6.07, 6.45) is 7.07. The molecule has 0 spiro atoms. The average molecular weight is 245 g/mol. The largest absolute Gasteiger partial charge is 0.347 e. The van der Waals surface area contributed by atoms with Gasteiger partial charge in [-0.2, -0.15) is 0 Å². The Kier molecular flexibility index (Phi) is 2.91. The van der Waals surface area contributed by atoms with E-state index in [-0.39, 0.29) is 6.04 Å². The summed E-state index contributed by atoms with van der Waals surface area (Å²) in [7, 11) is 0. The minimum Gasteiger partial charge on any atom is -0.347 e. The van der Waals surface area contributed by atoms with Crippen molar-refractivity contribution in [1.82, 2.24) is 19.6 Å². The maximum atomic E-state index is 6.18. The van der Waals surface area contributed by atoms with Gasteiger partial charge in [0.15, 0.2) is 0 Å². The van der Waals surface area contributed by atoms with Crippen LogP contribution in [0.1, 0.15) is 35.8 Å². The number of hydrogen-bond acceptors (Lipinski definition) is 3. The SMILES string of the molecule is Cc1cc2c(n1CCn1ccnn1)CCCC2N. The topological polar surface area (TPSA) is 61.7 Å².